The van der Waals surface area contributed by atoms with E-state index >= 15 is 0 Å². The maximum atomic E-state index is 11.5. The quantitative estimate of drug-likeness (QED) is 0.605. The summed E-state index contributed by atoms with van der Waals surface area (Å²) in [5.74, 6) is 0.224. The smallest absolute Gasteiger partial charge is 0.298 e. The summed E-state index contributed by atoms with van der Waals surface area (Å²) in [6, 6.07) is 4.97. The molecule has 0 saturated heterocycles. The van der Waals surface area contributed by atoms with Crippen LogP contribution in [0.1, 0.15) is 58.9 Å². The minimum absolute atomic E-state index is 0.148. The van der Waals surface area contributed by atoms with Gasteiger partial charge in [0.05, 0.1) is 6.61 Å². The molecule has 1 aromatic rings. The topological polar surface area (TPSA) is 63.6 Å². The van der Waals surface area contributed by atoms with Gasteiger partial charge in [-0.1, -0.05) is 53.0 Å². The van der Waals surface area contributed by atoms with E-state index in [9.17, 15) is 13.0 Å². The van der Waals surface area contributed by atoms with E-state index in [0.717, 1.165) is 31.2 Å². The largest absolute Gasteiger partial charge is 0.492 e. The van der Waals surface area contributed by atoms with Gasteiger partial charge in [0.15, 0.2) is 0 Å². The third-order valence-electron chi connectivity index (χ3n) is 3.34. The molecule has 0 radical (unpaired) electrons. The van der Waals surface area contributed by atoms with Crippen LogP contribution in [0.4, 0.5) is 0 Å². The summed E-state index contributed by atoms with van der Waals surface area (Å²) in [5, 5.41) is 0. The minimum Gasteiger partial charge on any atom is -0.492 e. The second-order valence-corrected chi connectivity index (χ2v) is 7.69. The molecule has 1 N–H and O–H groups in total. The fraction of sp³-hybridized carbons (Fsp3) is 0.625. The van der Waals surface area contributed by atoms with Gasteiger partial charge in [-0.25, -0.2) is 0 Å². The maximum absolute atomic E-state index is 11.5. The van der Waals surface area contributed by atoms with E-state index in [2.05, 4.69) is 6.92 Å². The number of ether oxygens (including phenoxy) is 1. The molecule has 0 aliphatic heterocycles. The molecular formula is C16H26O4S. The van der Waals surface area contributed by atoms with Crippen LogP contribution in [0, 0.1) is 0 Å². The second kappa shape index (κ2) is 7.27. The van der Waals surface area contributed by atoms with E-state index in [0.29, 0.717) is 6.61 Å². The first-order valence-electron chi connectivity index (χ1n) is 7.41. The predicted octanol–water partition coefficient (Wildman–Crippen LogP) is 4.19. The molecule has 0 atom stereocenters. The van der Waals surface area contributed by atoms with E-state index in [1.54, 1.807) is 6.07 Å². The van der Waals surface area contributed by atoms with Gasteiger partial charge >= 0.3 is 0 Å². The van der Waals surface area contributed by atoms with Crippen molar-refractivity contribution in [3.8, 4) is 5.75 Å². The van der Waals surface area contributed by atoms with Gasteiger partial charge in [-0.05, 0) is 29.5 Å². The van der Waals surface area contributed by atoms with Crippen LogP contribution in [0.5, 0.6) is 5.75 Å². The molecular weight excluding hydrogens is 288 g/mol. The second-order valence-electron chi connectivity index (χ2n) is 6.30. The molecule has 0 aromatic heterocycles. The van der Waals surface area contributed by atoms with Gasteiger partial charge in [-0.15, -0.1) is 0 Å². The van der Waals surface area contributed by atoms with Crippen molar-refractivity contribution in [1.29, 1.82) is 0 Å². The van der Waals surface area contributed by atoms with Crippen LogP contribution < -0.4 is 4.74 Å². The summed E-state index contributed by atoms with van der Waals surface area (Å²) in [5.41, 5.74) is 0.646. The molecule has 4 nitrogen and oxygen atoms in total. The Morgan fingerprint density at radius 1 is 1.14 bits per heavy atom. The Kier molecular flexibility index (Phi) is 6.23. The van der Waals surface area contributed by atoms with Crippen LogP contribution in [0.3, 0.4) is 0 Å². The number of benzene rings is 1. The van der Waals surface area contributed by atoms with Gasteiger partial charge in [0.1, 0.15) is 10.6 Å². The molecule has 5 heteroatoms. The van der Waals surface area contributed by atoms with Gasteiger partial charge in [0.25, 0.3) is 10.1 Å². The lowest BCUT2D eigenvalue weighted by Crippen LogP contribution is -2.13. The molecule has 0 fully saturated rings. The Labute approximate surface area is 128 Å². The SMILES string of the molecule is CCCCCCOc1ccc(C(C)(C)C)cc1S(=O)(=O)O. The summed E-state index contributed by atoms with van der Waals surface area (Å²) in [7, 11) is -4.29. The molecule has 120 valence electrons. The summed E-state index contributed by atoms with van der Waals surface area (Å²) < 4.78 is 38.0. The summed E-state index contributed by atoms with van der Waals surface area (Å²) >= 11 is 0. The van der Waals surface area contributed by atoms with Crippen molar-refractivity contribution in [2.24, 2.45) is 0 Å². The fourth-order valence-electron chi connectivity index (χ4n) is 2.01. The first-order chi connectivity index (χ1) is 9.66. The third kappa shape index (κ3) is 5.67. The van der Waals surface area contributed by atoms with Crippen molar-refractivity contribution in [2.75, 3.05) is 6.61 Å². The number of rotatable bonds is 7. The van der Waals surface area contributed by atoms with E-state index in [1.165, 1.54) is 6.07 Å². The van der Waals surface area contributed by atoms with E-state index in [4.69, 9.17) is 4.74 Å². The predicted molar refractivity (Wildman–Crippen MR) is 84.6 cm³/mol. The first-order valence-corrected chi connectivity index (χ1v) is 8.85. The van der Waals surface area contributed by atoms with Crippen LogP contribution in [0.25, 0.3) is 0 Å². The fourth-order valence-corrected chi connectivity index (χ4v) is 2.66. The van der Waals surface area contributed by atoms with Crippen LogP contribution in [0.15, 0.2) is 23.1 Å². The van der Waals surface area contributed by atoms with Crippen LogP contribution in [0.2, 0.25) is 0 Å². The maximum Gasteiger partial charge on any atom is 0.298 e. The highest BCUT2D eigenvalue weighted by molar-refractivity contribution is 7.86. The lowest BCUT2D eigenvalue weighted by atomic mass is 9.87. The molecule has 1 rings (SSSR count). The van der Waals surface area contributed by atoms with Crippen molar-refractivity contribution in [3.63, 3.8) is 0 Å². The van der Waals surface area contributed by atoms with Gasteiger partial charge in [-0.3, -0.25) is 4.55 Å². The zero-order valence-electron chi connectivity index (χ0n) is 13.3. The zero-order valence-corrected chi connectivity index (χ0v) is 14.2. The summed E-state index contributed by atoms with van der Waals surface area (Å²) in [6.07, 6.45) is 4.20. The Balaban J connectivity index is 2.94. The standard InChI is InChI=1S/C16H26O4S/c1-5-6-7-8-11-20-14-10-9-13(16(2,3)4)12-15(14)21(17,18)19/h9-10,12H,5-8,11H2,1-4H3,(H,17,18,19). The third-order valence-corrected chi connectivity index (χ3v) is 4.22. The summed E-state index contributed by atoms with van der Waals surface area (Å²) in [6.45, 7) is 8.55. The molecule has 0 aliphatic rings. The molecule has 0 saturated carbocycles. The minimum atomic E-state index is -4.29. The highest BCUT2D eigenvalue weighted by Gasteiger charge is 2.22. The number of hydrogen-bond donors (Lipinski definition) is 1. The van der Waals surface area contributed by atoms with Crippen molar-refractivity contribution >= 4 is 10.1 Å². The van der Waals surface area contributed by atoms with Crippen molar-refractivity contribution in [3.05, 3.63) is 23.8 Å². The molecule has 0 spiro atoms. The number of hydrogen-bond acceptors (Lipinski definition) is 3. The Morgan fingerprint density at radius 2 is 1.81 bits per heavy atom. The average molecular weight is 314 g/mol. The molecule has 0 unspecified atom stereocenters. The van der Waals surface area contributed by atoms with Crippen molar-refractivity contribution < 1.29 is 17.7 Å². The molecule has 0 aliphatic carbocycles. The molecule has 0 heterocycles. The molecule has 0 bridgehead atoms. The molecule has 21 heavy (non-hydrogen) atoms. The van der Waals surface area contributed by atoms with E-state index < -0.39 is 10.1 Å². The first kappa shape index (κ1) is 18.0. The Bertz CT molecular complexity index is 556. The lowest BCUT2D eigenvalue weighted by molar-refractivity contribution is 0.296. The van der Waals surface area contributed by atoms with Crippen LogP contribution in [-0.2, 0) is 15.5 Å². The molecule has 0 amide bonds. The van der Waals surface area contributed by atoms with E-state index in [1.807, 2.05) is 26.8 Å². The highest BCUT2D eigenvalue weighted by Crippen LogP contribution is 2.31. The Hall–Kier alpha value is -1.07. The van der Waals surface area contributed by atoms with Crippen LogP contribution in [-0.4, -0.2) is 19.6 Å². The molecule has 1 aromatic carbocycles. The van der Waals surface area contributed by atoms with Crippen LogP contribution >= 0.6 is 0 Å². The average Bonchev–Trinajstić information content (AvgIpc) is 2.36. The normalized spacial score (nSPS) is 12.4. The monoisotopic (exact) mass is 314 g/mol. The number of unbranched alkanes of at least 4 members (excludes halogenated alkanes) is 3. The van der Waals surface area contributed by atoms with E-state index in [-0.39, 0.29) is 16.1 Å². The Morgan fingerprint density at radius 3 is 2.33 bits per heavy atom. The van der Waals surface area contributed by atoms with Gasteiger partial charge in [-0.2, -0.15) is 8.42 Å². The lowest BCUT2D eigenvalue weighted by Gasteiger charge is -2.20. The van der Waals surface area contributed by atoms with Gasteiger partial charge < -0.3 is 4.74 Å². The highest BCUT2D eigenvalue weighted by atomic mass is 32.2. The zero-order chi connectivity index (χ0) is 16.1. The summed E-state index contributed by atoms with van der Waals surface area (Å²) in [4.78, 5) is -0.148. The van der Waals surface area contributed by atoms with Gasteiger partial charge in [0, 0.05) is 0 Å². The van der Waals surface area contributed by atoms with Gasteiger partial charge in [0.2, 0.25) is 0 Å². The van der Waals surface area contributed by atoms with Crippen molar-refractivity contribution in [2.45, 2.75) is 63.7 Å². The van der Waals surface area contributed by atoms with Crippen molar-refractivity contribution in [1.82, 2.24) is 0 Å².